The third-order valence-electron chi connectivity index (χ3n) is 3.74. The number of carboxylic acid groups (broad SMARTS) is 1. The van der Waals surface area contributed by atoms with Crippen LogP contribution in [-0.4, -0.2) is 33.9 Å². The highest BCUT2D eigenvalue weighted by Gasteiger charge is 2.22. The molecule has 2 aromatic rings. The second-order valence-corrected chi connectivity index (χ2v) is 7.95. The Hall–Kier alpha value is -2.09. The van der Waals surface area contributed by atoms with Crippen LogP contribution in [0.25, 0.3) is 10.9 Å². The molecular formula is C18H22BrFN2O4. The maximum Gasteiger partial charge on any atom is 0.407 e. The number of ether oxygens (including phenoxy) is 1. The van der Waals surface area contributed by atoms with Crippen LogP contribution in [0.1, 0.15) is 50.6 Å². The quantitative estimate of drug-likeness (QED) is 0.721. The van der Waals surface area contributed by atoms with Gasteiger partial charge in [-0.25, -0.2) is 14.0 Å². The van der Waals surface area contributed by atoms with Crippen molar-refractivity contribution >= 4 is 38.9 Å². The van der Waals surface area contributed by atoms with Crippen LogP contribution in [0.2, 0.25) is 0 Å². The average Bonchev–Trinajstić information content (AvgIpc) is 2.84. The summed E-state index contributed by atoms with van der Waals surface area (Å²) >= 11 is 3.31. The molecule has 0 radical (unpaired) electrons. The van der Waals surface area contributed by atoms with Crippen molar-refractivity contribution in [3.63, 3.8) is 0 Å². The maximum atomic E-state index is 13.6. The molecule has 0 saturated carbocycles. The molecule has 142 valence electrons. The van der Waals surface area contributed by atoms with Crippen LogP contribution in [0, 0.1) is 5.82 Å². The van der Waals surface area contributed by atoms with E-state index in [0.717, 1.165) is 0 Å². The van der Waals surface area contributed by atoms with Gasteiger partial charge in [-0.15, -0.1) is 0 Å². The van der Waals surface area contributed by atoms with Crippen LogP contribution >= 0.6 is 15.9 Å². The largest absolute Gasteiger partial charge is 0.477 e. The number of carbonyl (C=O) groups excluding carboxylic acids is 1. The summed E-state index contributed by atoms with van der Waals surface area (Å²) in [5, 5.41) is 12.7. The van der Waals surface area contributed by atoms with Gasteiger partial charge < -0.3 is 19.7 Å². The van der Waals surface area contributed by atoms with Gasteiger partial charge in [-0.05, 0) is 68.2 Å². The molecule has 1 atom stereocenters. The Morgan fingerprint density at radius 3 is 2.58 bits per heavy atom. The molecule has 0 spiro atoms. The number of nitrogens with zero attached hydrogens (tertiary/aromatic N) is 1. The number of benzene rings is 1. The van der Waals surface area contributed by atoms with Gasteiger partial charge >= 0.3 is 12.1 Å². The lowest BCUT2D eigenvalue weighted by molar-refractivity contribution is 0.0524. The number of carbonyl (C=O) groups is 2. The summed E-state index contributed by atoms with van der Waals surface area (Å²) in [5.74, 6) is -1.54. The van der Waals surface area contributed by atoms with Gasteiger partial charge in [0.2, 0.25) is 0 Å². The number of alkyl carbamates (subject to hydrolysis) is 1. The smallest absolute Gasteiger partial charge is 0.407 e. The molecule has 0 aliphatic heterocycles. The van der Waals surface area contributed by atoms with Gasteiger partial charge in [0.05, 0.1) is 5.52 Å². The minimum Gasteiger partial charge on any atom is -0.477 e. The highest BCUT2D eigenvalue weighted by molar-refractivity contribution is 9.10. The molecule has 0 bridgehead atoms. The molecule has 0 aliphatic rings. The third kappa shape index (κ3) is 4.75. The number of hydrogen-bond donors (Lipinski definition) is 2. The highest BCUT2D eigenvalue weighted by atomic mass is 79.9. The zero-order valence-electron chi connectivity index (χ0n) is 15.1. The Morgan fingerprint density at radius 1 is 1.35 bits per heavy atom. The average molecular weight is 429 g/mol. The van der Waals surface area contributed by atoms with Crippen LogP contribution in [0.5, 0.6) is 0 Å². The number of aromatic nitrogens is 1. The minimum atomic E-state index is -1.10. The van der Waals surface area contributed by atoms with Crippen molar-refractivity contribution in [3.05, 3.63) is 34.2 Å². The van der Waals surface area contributed by atoms with Crippen molar-refractivity contribution in [2.45, 2.75) is 45.8 Å². The topological polar surface area (TPSA) is 80.6 Å². The van der Waals surface area contributed by atoms with E-state index in [4.69, 9.17) is 4.74 Å². The normalized spacial score (nSPS) is 12.8. The van der Waals surface area contributed by atoms with E-state index in [0.29, 0.717) is 28.3 Å². The molecule has 1 amide bonds. The van der Waals surface area contributed by atoms with Crippen LogP contribution in [0.3, 0.4) is 0 Å². The molecule has 2 rings (SSSR count). The van der Waals surface area contributed by atoms with Crippen LogP contribution in [-0.2, 0) is 4.74 Å². The molecule has 0 saturated heterocycles. The van der Waals surface area contributed by atoms with E-state index < -0.39 is 23.5 Å². The lowest BCUT2D eigenvalue weighted by atomic mass is 10.2. The lowest BCUT2D eigenvalue weighted by Crippen LogP contribution is -2.33. The fourth-order valence-corrected chi connectivity index (χ4v) is 3.37. The SMILES string of the molecule is CC(CCNC(=O)OC(C)(C)C)n1c(C(=O)O)cc2cc(F)cc(Br)c21. The van der Waals surface area contributed by atoms with E-state index in [9.17, 15) is 19.1 Å². The number of carboxylic acids is 1. The Balaban J connectivity index is 2.21. The molecular weight excluding hydrogens is 407 g/mol. The first-order chi connectivity index (χ1) is 12.0. The Labute approximate surface area is 159 Å². The van der Waals surface area contributed by atoms with Gasteiger partial charge in [-0.1, -0.05) is 0 Å². The summed E-state index contributed by atoms with van der Waals surface area (Å²) < 4.78 is 20.9. The highest BCUT2D eigenvalue weighted by Crippen LogP contribution is 2.32. The van der Waals surface area contributed by atoms with Gasteiger partial charge in [-0.3, -0.25) is 0 Å². The number of hydrogen-bond acceptors (Lipinski definition) is 3. The van der Waals surface area contributed by atoms with Crippen molar-refractivity contribution < 1.29 is 23.8 Å². The van der Waals surface area contributed by atoms with Crippen LogP contribution in [0.4, 0.5) is 9.18 Å². The summed E-state index contributed by atoms with van der Waals surface area (Å²) in [6.07, 6.45) is -0.0450. The molecule has 8 heteroatoms. The zero-order chi connectivity index (χ0) is 19.6. The molecule has 6 nitrogen and oxygen atoms in total. The van der Waals surface area contributed by atoms with E-state index in [2.05, 4.69) is 21.2 Å². The van der Waals surface area contributed by atoms with Crippen molar-refractivity contribution in [3.8, 4) is 0 Å². The zero-order valence-corrected chi connectivity index (χ0v) is 16.7. The molecule has 0 fully saturated rings. The van der Waals surface area contributed by atoms with Crippen molar-refractivity contribution in [2.24, 2.45) is 0 Å². The van der Waals surface area contributed by atoms with Gasteiger partial charge in [0, 0.05) is 22.4 Å². The third-order valence-corrected chi connectivity index (χ3v) is 4.35. The molecule has 2 N–H and O–H groups in total. The van der Waals surface area contributed by atoms with Crippen molar-refractivity contribution in [1.82, 2.24) is 9.88 Å². The van der Waals surface area contributed by atoms with E-state index in [-0.39, 0.29) is 11.7 Å². The first-order valence-electron chi connectivity index (χ1n) is 8.19. The summed E-state index contributed by atoms with van der Waals surface area (Å²) in [6, 6.07) is 3.81. The standard InChI is InChI=1S/C18H22BrFN2O4/c1-10(5-6-21-17(25)26-18(2,3)4)22-14(16(23)24)8-11-7-12(20)9-13(19)15(11)22/h7-10H,5-6H2,1-4H3,(H,21,25)(H,23,24). The van der Waals surface area contributed by atoms with Crippen LogP contribution < -0.4 is 5.32 Å². The fourth-order valence-electron chi connectivity index (χ4n) is 2.74. The van der Waals surface area contributed by atoms with Gasteiger partial charge in [0.1, 0.15) is 17.1 Å². The number of fused-ring (bicyclic) bond motifs is 1. The fraction of sp³-hybridized carbons (Fsp3) is 0.444. The summed E-state index contributed by atoms with van der Waals surface area (Å²) in [6.45, 7) is 7.48. The number of amides is 1. The van der Waals surface area contributed by atoms with Crippen molar-refractivity contribution in [2.75, 3.05) is 6.54 Å². The second-order valence-electron chi connectivity index (χ2n) is 7.10. The minimum absolute atomic E-state index is 0.0658. The Bertz CT molecular complexity index is 842. The molecule has 1 unspecified atom stereocenters. The van der Waals surface area contributed by atoms with Gasteiger partial charge in [0.25, 0.3) is 0 Å². The van der Waals surface area contributed by atoms with E-state index >= 15 is 0 Å². The van der Waals surface area contributed by atoms with Crippen molar-refractivity contribution in [1.29, 1.82) is 0 Å². The number of aromatic carboxylic acids is 1. The first kappa shape index (κ1) is 20.2. The number of nitrogens with one attached hydrogen (secondary N) is 1. The molecule has 1 aromatic heterocycles. The molecule has 1 heterocycles. The summed E-state index contributed by atoms with van der Waals surface area (Å²) in [5.41, 5.74) is 0.0854. The van der Waals surface area contributed by atoms with E-state index in [1.165, 1.54) is 18.2 Å². The Kier molecular flexibility index (Phi) is 5.95. The molecule has 1 aromatic carbocycles. The molecule has 0 aliphatic carbocycles. The van der Waals surface area contributed by atoms with Gasteiger partial charge in [-0.2, -0.15) is 0 Å². The summed E-state index contributed by atoms with van der Waals surface area (Å²) in [4.78, 5) is 23.3. The monoisotopic (exact) mass is 428 g/mol. The Morgan fingerprint density at radius 2 is 2.00 bits per heavy atom. The van der Waals surface area contributed by atoms with Gasteiger partial charge in [0.15, 0.2) is 0 Å². The van der Waals surface area contributed by atoms with Crippen LogP contribution in [0.15, 0.2) is 22.7 Å². The lowest BCUT2D eigenvalue weighted by Gasteiger charge is -2.21. The first-order valence-corrected chi connectivity index (χ1v) is 8.99. The predicted octanol–water partition coefficient (Wildman–Crippen LogP) is 4.72. The summed E-state index contributed by atoms with van der Waals surface area (Å²) in [7, 11) is 0. The van der Waals surface area contributed by atoms with E-state index in [1.54, 1.807) is 25.3 Å². The predicted molar refractivity (Wildman–Crippen MR) is 100 cm³/mol. The number of rotatable bonds is 5. The maximum absolute atomic E-state index is 13.6. The number of halogens is 2. The van der Waals surface area contributed by atoms with E-state index in [1.807, 2.05) is 6.92 Å². The second kappa shape index (κ2) is 7.65. The molecule has 26 heavy (non-hydrogen) atoms.